The molecule has 146 valence electrons. The number of carboxylic acids is 1. The van der Waals surface area contributed by atoms with E-state index in [-0.39, 0.29) is 23.9 Å². The number of hydrogen-bond acceptors (Lipinski definition) is 7. The minimum Gasteiger partial charge on any atom is -0.478 e. The molecule has 3 heterocycles. The van der Waals surface area contributed by atoms with Crippen molar-refractivity contribution in [1.29, 1.82) is 0 Å². The van der Waals surface area contributed by atoms with E-state index in [1.807, 2.05) is 4.90 Å². The molecule has 0 aliphatic carbocycles. The van der Waals surface area contributed by atoms with Gasteiger partial charge in [-0.15, -0.1) is 0 Å². The topological polar surface area (TPSA) is 120 Å². The highest BCUT2D eigenvalue weighted by Crippen LogP contribution is 2.20. The molecule has 10 heteroatoms. The molecular weight excluding hydrogens is 366 g/mol. The van der Waals surface area contributed by atoms with Gasteiger partial charge in [-0.05, 0) is 12.1 Å². The Bertz CT molecular complexity index is 925. The molecule has 4 rings (SSSR count). The Morgan fingerprint density at radius 3 is 2.71 bits per heavy atom. The molecule has 10 nitrogen and oxygen atoms in total. The molecule has 2 aliphatic heterocycles. The van der Waals surface area contributed by atoms with Crippen LogP contribution in [0, 0.1) is 0 Å². The molecule has 0 bridgehead atoms. The number of carboxylic acid groups (broad SMARTS) is 1. The summed E-state index contributed by atoms with van der Waals surface area (Å²) in [5.74, 6) is -0.325. The summed E-state index contributed by atoms with van der Waals surface area (Å²) in [6.07, 6.45) is 0. The zero-order valence-corrected chi connectivity index (χ0v) is 15.2. The number of aromatic carboxylic acids is 1. The van der Waals surface area contributed by atoms with Gasteiger partial charge in [0.1, 0.15) is 6.04 Å². The Hall–Kier alpha value is -3.27. The number of benzene rings is 1. The number of carbonyl (C=O) groups is 3. The minimum atomic E-state index is -0.999. The second kappa shape index (κ2) is 7.04. The van der Waals surface area contributed by atoms with Crippen molar-refractivity contribution < 1.29 is 24.0 Å². The Morgan fingerprint density at radius 1 is 1.25 bits per heavy atom. The highest BCUT2D eigenvalue weighted by Gasteiger charge is 2.41. The summed E-state index contributed by atoms with van der Waals surface area (Å²) in [4.78, 5) is 44.9. The average Bonchev–Trinajstić information content (AvgIpc) is 3.14. The lowest BCUT2D eigenvalue weighted by Crippen LogP contribution is -2.65. The summed E-state index contributed by atoms with van der Waals surface area (Å²) in [6.45, 7) is 2.02. The van der Waals surface area contributed by atoms with Gasteiger partial charge in [-0.2, -0.15) is 4.98 Å². The first-order valence-corrected chi connectivity index (χ1v) is 8.85. The molecule has 2 aromatic rings. The summed E-state index contributed by atoms with van der Waals surface area (Å²) in [7, 11) is 1.64. The van der Waals surface area contributed by atoms with E-state index in [9.17, 15) is 14.4 Å². The van der Waals surface area contributed by atoms with Gasteiger partial charge in [0.15, 0.2) is 0 Å². The largest absolute Gasteiger partial charge is 0.478 e. The maximum Gasteiger partial charge on any atom is 0.335 e. The maximum absolute atomic E-state index is 12.4. The van der Waals surface area contributed by atoms with Gasteiger partial charge in [-0.3, -0.25) is 14.5 Å². The molecule has 2 aliphatic rings. The SMILES string of the molecule is CN1CC(=O)N2CCN(Cc3nc(-c4ccc(C(=O)O)cc4)no3)C[C@@H]2C1=O. The molecule has 0 unspecified atom stereocenters. The fraction of sp³-hybridized carbons (Fsp3) is 0.389. The molecule has 2 saturated heterocycles. The van der Waals surface area contributed by atoms with Crippen LogP contribution in [0.2, 0.25) is 0 Å². The van der Waals surface area contributed by atoms with Gasteiger partial charge in [0, 0.05) is 32.2 Å². The number of nitrogens with zero attached hydrogens (tertiary/aromatic N) is 5. The molecule has 1 N–H and O–H groups in total. The smallest absolute Gasteiger partial charge is 0.335 e. The molecule has 0 radical (unpaired) electrons. The van der Waals surface area contributed by atoms with E-state index in [0.717, 1.165) is 0 Å². The van der Waals surface area contributed by atoms with Crippen LogP contribution >= 0.6 is 0 Å². The third-order valence-electron chi connectivity index (χ3n) is 5.04. The van der Waals surface area contributed by atoms with Crippen LogP contribution < -0.4 is 0 Å². The van der Waals surface area contributed by atoms with Crippen molar-refractivity contribution in [2.45, 2.75) is 12.6 Å². The fourth-order valence-electron chi connectivity index (χ4n) is 3.51. The van der Waals surface area contributed by atoms with Gasteiger partial charge in [0.05, 0.1) is 18.7 Å². The molecule has 28 heavy (non-hydrogen) atoms. The van der Waals surface area contributed by atoms with Crippen LogP contribution in [0.25, 0.3) is 11.4 Å². The van der Waals surface area contributed by atoms with E-state index in [4.69, 9.17) is 9.63 Å². The lowest BCUT2D eigenvalue weighted by atomic mass is 10.1. The van der Waals surface area contributed by atoms with Crippen molar-refractivity contribution in [1.82, 2.24) is 24.8 Å². The number of rotatable bonds is 4. The predicted molar refractivity (Wildman–Crippen MR) is 95.1 cm³/mol. The quantitative estimate of drug-likeness (QED) is 0.776. The number of aromatic nitrogens is 2. The molecule has 0 saturated carbocycles. The van der Waals surface area contributed by atoms with E-state index in [1.165, 1.54) is 17.0 Å². The number of fused-ring (bicyclic) bond motifs is 1. The predicted octanol–water partition coefficient (Wildman–Crippen LogP) is -0.0804. The fourth-order valence-corrected chi connectivity index (χ4v) is 3.51. The average molecular weight is 385 g/mol. The van der Waals surface area contributed by atoms with E-state index in [1.54, 1.807) is 24.1 Å². The zero-order valence-electron chi connectivity index (χ0n) is 15.2. The number of amides is 2. The summed E-state index contributed by atoms with van der Waals surface area (Å²) < 4.78 is 5.31. The van der Waals surface area contributed by atoms with Gasteiger partial charge in [-0.1, -0.05) is 17.3 Å². The Balaban J connectivity index is 1.43. The highest BCUT2D eigenvalue weighted by atomic mass is 16.5. The summed E-state index contributed by atoms with van der Waals surface area (Å²) in [5.41, 5.74) is 0.835. The number of hydrogen-bond donors (Lipinski definition) is 1. The zero-order chi connectivity index (χ0) is 19.8. The van der Waals surface area contributed by atoms with E-state index < -0.39 is 12.0 Å². The molecular formula is C18H19N5O5. The van der Waals surface area contributed by atoms with Gasteiger partial charge in [0.25, 0.3) is 0 Å². The second-order valence-corrected chi connectivity index (χ2v) is 6.93. The Kier molecular flexibility index (Phi) is 4.55. The van der Waals surface area contributed by atoms with Crippen LogP contribution in [-0.4, -0.2) is 87.0 Å². The maximum atomic E-state index is 12.4. The number of carbonyl (C=O) groups excluding carboxylic acids is 2. The third kappa shape index (κ3) is 3.33. The van der Waals surface area contributed by atoms with Gasteiger partial charge in [-0.25, -0.2) is 4.79 Å². The molecule has 2 fully saturated rings. The Labute approximate surface area is 160 Å². The van der Waals surface area contributed by atoms with Crippen LogP contribution in [-0.2, 0) is 16.1 Å². The van der Waals surface area contributed by atoms with Crippen molar-refractivity contribution in [3.05, 3.63) is 35.7 Å². The van der Waals surface area contributed by atoms with E-state index in [0.29, 0.717) is 43.5 Å². The van der Waals surface area contributed by atoms with Crippen LogP contribution in [0.1, 0.15) is 16.2 Å². The molecule has 1 aromatic heterocycles. The molecule has 0 spiro atoms. The monoisotopic (exact) mass is 385 g/mol. The lowest BCUT2D eigenvalue weighted by molar-refractivity contribution is -0.158. The van der Waals surface area contributed by atoms with Crippen molar-refractivity contribution in [3.63, 3.8) is 0 Å². The van der Waals surface area contributed by atoms with Crippen molar-refractivity contribution >= 4 is 17.8 Å². The lowest BCUT2D eigenvalue weighted by Gasteiger charge is -2.44. The standard InChI is InChI=1S/C18H19N5O5/c1-21-10-15(24)23-7-6-22(8-13(23)17(21)25)9-14-19-16(20-28-14)11-2-4-12(5-3-11)18(26)27/h2-5,13H,6-10H2,1H3,(H,26,27)/t13-/m1/s1. The number of piperazine rings is 2. The van der Waals surface area contributed by atoms with Crippen molar-refractivity contribution in [2.24, 2.45) is 0 Å². The Morgan fingerprint density at radius 2 is 2.00 bits per heavy atom. The summed E-state index contributed by atoms with van der Waals surface area (Å²) in [5, 5.41) is 12.9. The molecule has 1 aromatic carbocycles. The third-order valence-corrected chi connectivity index (χ3v) is 5.04. The number of likely N-dealkylation sites (N-methyl/N-ethyl adjacent to an activating group) is 1. The van der Waals surface area contributed by atoms with Crippen LogP contribution in [0.15, 0.2) is 28.8 Å². The first-order valence-electron chi connectivity index (χ1n) is 8.85. The molecule has 1 atom stereocenters. The highest BCUT2D eigenvalue weighted by molar-refractivity contribution is 5.95. The van der Waals surface area contributed by atoms with Gasteiger partial charge in [0.2, 0.25) is 23.5 Å². The normalized spacial score (nSPS) is 20.4. The van der Waals surface area contributed by atoms with Crippen LogP contribution in [0.4, 0.5) is 0 Å². The van der Waals surface area contributed by atoms with Gasteiger partial charge < -0.3 is 19.4 Å². The van der Waals surface area contributed by atoms with Crippen molar-refractivity contribution in [3.8, 4) is 11.4 Å². The second-order valence-electron chi connectivity index (χ2n) is 6.93. The first kappa shape index (κ1) is 18.1. The van der Waals surface area contributed by atoms with E-state index in [2.05, 4.69) is 10.1 Å². The van der Waals surface area contributed by atoms with Gasteiger partial charge >= 0.3 is 5.97 Å². The van der Waals surface area contributed by atoms with E-state index >= 15 is 0 Å². The first-order chi connectivity index (χ1) is 13.4. The van der Waals surface area contributed by atoms with Crippen LogP contribution in [0.5, 0.6) is 0 Å². The minimum absolute atomic E-state index is 0.0309. The van der Waals surface area contributed by atoms with Crippen molar-refractivity contribution in [2.75, 3.05) is 33.2 Å². The summed E-state index contributed by atoms with van der Waals surface area (Å²) >= 11 is 0. The molecule has 2 amide bonds. The van der Waals surface area contributed by atoms with Crippen LogP contribution in [0.3, 0.4) is 0 Å². The summed E-state index contributed by atoms with van der Waals surface area (Å²) in [6, 6.07) is 5.73.